The number of aromatic nitrogens is 4. The van der Waals surface area contributed by atoms with Gasteiger partial charge in [-0.3, -0.25) is 24.0 Å². The molecule has 2 aromatic heterocycles. The Labute approximate surface area is 255 Å². The Hall–Kier alpha value is -6.72. The number of anilines is 2. The van der Waals surface area contributed by atoms with Gasteiger partial charge < -0.3 is 37.6 Å². The van der Waals surface area contributed by atoms with Gasteiger partial charge in [-0.1, -0.05) is 28.5 Å². The average molecular weight is 632 g/mol. The molecule has 1 atom stereocenters. The maximum Gasteiger partial charge on any atom is 0.335 e. The number of rotatable bonds is 11. The molecule has 5 aromatic rings. The Morgan fingerprint density at radius 2 is 1.70 bits per heavy atom. The van der Waals surface area contributed by atoms with Crippen molar-refractivity contribution in [2.24, 2.45) is 5.73 Å². The van der Waals surface area contributed by atoms with Gasteiger partial charge in [0.2, 0.25) is 11.6 Å². The van der Waals surface area contributed by atoms with E-state index in [1.807, 2.05) is 0 Å². The van der Waals surface area contributed by atoms with Crippen LogP contribution in [0.2, 0.25) is 0 Å². The first kappa shape index (κ1) is 30.7. The molecule has 2 heterocycles. The summed E-state index contributed by atoms with van der Waals surface area (Å²) in [5, 5.41) is 33.9. The Bertz CT molecular complexity index is 2120. The van der Waals surface area contributed by atoms with Crippen molar-refractivity contribution in [3.63, 3.8) is 0 Å². The van der Waals surface area contributed by atoms with Gasteiger partial charge in [-0.2, -0.15) is 4.52 Å². The number of benzene rings is 2. The predicted molar refractivity (Wildman–Crippen MR) is 156 cm³/mol. The lowest BCUT2D eigenvalue weighted by atomic mass is 10.0. The summed E-state index contributed by atoms with van der Waals surface area (Å²) in [6.45, 7) is -0.328. The van der Waals surface area contributed by atoms with Crippen LogP contribution in [0.3, 0.4) is 0 Å². The fourth-order valence-electron chi connectivity index (χ4n) is 4.40. The highest BCUT2D eigenvalue weighted by molar-refractivity contribution is 6.00. The van der Waals surface area contributed by atoms with E-state index in [0.29, 0.717) is 5.56 Å². The van der Waals surface area contributed by atoms with Crippen LogP contribution < -0.4 is 38.3 Å². The molecule has 234 valence electrons. The highest BCUT2D eigenvalue weighted by Gasteiger charge is 2.26. The van der Waals surface area contributed by atoms with Crippen LogP contribution in [0.15, 0.2) is 58.1 Å². The van der Waals surface area contributed by atoms with Gasteiger partial charge in [-0.25, -0.2) is 14.2 Å². The number of nitrogen functional groups attached to an aromatic ring is 1. The molecule has 5 rings (SSSR count). The molecule has 0 aliphatic carbocycles. The van der Waals surface area contributed by atoms with E-state index in [-0.39, 0.29) is 58.2 Å². The summed E-state index contributed by atoms with van der Waals surface area (Å²) in [7, 11) is 0. The number of carbonyl (C=O) groups is 4. The molecular weight excluding hydrogens is 609 g/mol. The molecule has 3 amide bonds. The Morgan fingerprint density at radius 3 is 2.35 bits per heavy atom. The number of aromatic hydroxyl groups is 1. The van der Waals surface area contributed by atoms with Gasteiger partial charge in [-0.15, -0.1) is 0 Å². The third kappa shape index (κ3) is 5.89. The van der Waals surface area contributed by atoms with Crippen LogP contribution in [-0.4, -0.2) is 53.7 Å². The number of nitrogens with zero attached hydrogens (tertiary/aromatic N) is 4. The number of primary amides is 1. The minimum atomic E-state index is -1.43. The van der Waals surface area contributed by atoms with E-state index < -0.39 is 52.3 Å². The third-order valence-corrected chi connectivity index (χ3v) is 6.84. The van der Waals surface area contributed by atoms with E-state index in [1.165, 1.54) is 36.4 Å². The maximum absolute atomic E-state index is 14.4. The van der Waals surface area contributed by atoms with Crippen molar-refractivity contribution < 1.29 is 33.8 Å². The van der Waals surface area contributed by atoms with Crippen molar-refractivity contribution in [1.82, 2.24) is 30.4 Å². The number of carbonyl (C=O) groups excluding carboxylic acids is 3. The molecule has 0 radical (unpaired) electrons. The number of fused-ring (bicyclic) bond motifs is 1. The second kappa shape index (κ2) is 12.1. The number of nitrogens with two attached hydrogens (primary N) is 2. The zero-order valence-electron chi connectivity index (χ0n) is 23.3. The van der Waals surface area contributed by atoms with Gasteiger partial charge in [0.1, 0.15) is 34.6 Å². The average Bonchev–Trinajstić information content (AvgIpc) is 3.42. The first-order chi connectivity index (χ1) is 21.8. The number of hydrogen-bond donors (Lipinski definition) is 7. The van der Waals surface area contributed by atoms with Crippen molar-refractivity contribution >= 4 is 40.7 Å². The van der Waals surface area contributed by atoms with Crippen LogP contribution >= 0.6 is 0 Å². The highest BCUT2D eigenvalue weighted by Crippen LogP contribution is 2.19. The number of halogens is 1. The lowest BCUT2D eigenvalue weighted by Gasteiger charge is -2.16. The van der Waals surface area contributed by atoms with Crippen LogP contribution in [0.4, 0.5) is 15.8 Å². The summed E-state index contributed by atoms with van der Waals surface area (Å²) in [4.78, 5) is 76.7. The van der Waals surface area contributed by atoms with E-state index in [0.717, 1.165) is 16.6 Å². The van der Waals surface area contributed by atoms with Gasteiger partial charge in [0, 0.05) is 24.7 Å². The number of carboxylic acids is 1. The van der Waals surface area contributed by atoms with Crippen molar-refractivity contribution in [2.45, 2.75) is 19.1 Å². The number of aromatic carboxylic acids is 1. The largest absolute Gasteiger partial charge is 0.489 e. The van der Waals surface area contributed by atoms with E-state index >= 15 is 0 Å². The van der Waals surface area contributed by atoms with Gasteiger partial charge in [0.15, 0.2) is 0 Å². The fraction of sp³-hybridized carbons (Fsp3) is 0.107. The lowest BCUT2D eigenvalue weighted by Crippen LogP contribution is -2.38. The quantitative estimate of drug-likeness (QED) is 0.0893. The van der Waals surface area contributed by atoms with Gasteiger partial charge in [0.25, 0.3) is 28.6 Å². The van der Waals surface area contributed by atoms with Crippen molar-refractivity contribution in [3.05, 3.63) is 108 Å². The van der Waals surface area contributed by atoms with Gasteiger partial charge in [-0.05, 0) is 35.4 Å². The third-order valence-electron chi connectivity index (χ3n) is 6.84. The van der Waals surface area contributed by atoms with Gasteiger partial charge in [0.05, 0.1) is 5.56 Å². The maximum atomic E-state index is 14.4. The van der Waals surface area contributed by atoms with Gasteiger partial charge >= 0.3 is 5.97 Å². The zero-order valence-corrected chi connectivity index (χ0v) is 23.3. The summed E-state index contributed by atoms with van der Waals surface area (Å²) in [6, 6.07) is 8.54. The second-order valence-corrected chi connectivity index (χ2v) is 9.82. The minimum Gasteiger partial charge on any atom is -0.489 e. The van der Waals surface area contributed by atoms with Crippen LogP contribution in [0.5, 0.6) is 5.88 Å². The Morgan fingerprint density at radius 1 is 0.978 bits per heavy atom. The number of nitrogens with one attached hydrogen (secondary N) is 3. The number of carboxylic acid groups (broad SMARTS) is 1. The molecule has 18 heteroatoms. The standard InChI is InChI=1S/C28H22FN9O8/c29-15-6-1-11(7-14(15)10-32-20-18(30)21(39)22(20)40)9-33-25(42)16-8-17(38-24(34-16)27(44)36-37-38)26(43)35-19(23(31)41)12-2-4-13(5-3-12)28(45)46/h1-8,19,32,44H,9-10,30H2,(H2,31,41)(H,33,42)(H,35,43)(H,45,46)/t19-/m1/s1. The highest BCUT2D eigenvalue weighted by atomic mass is 19.1. The van der Waals surface area contributed by atoms with Crippen LogP contribution in [0.1, 0.15) is 54.1 Å². The SMILES string of the molecule is NC(=O)[C@H](NC(=O)c1cc(C(=O)NCc2ccc(F)c(CNc3c(N)c(=O)c3=O)c2)nc2c(O)nnn12)c1ccc(C(=O)O)cc1. The summed E-state index contributed by atoms with van der Waals surface area (Å²) >= 11 is 0. The molecule has 0 spiro atoms. The summed E-state index contributed by atoms with van der Waals surface area (Å²) in [5.41, 5.74) is 8.49. The minimum absolute atomic E-state index is 0.0675. The van der Waals surface area contributed by atoms with E-state index in [4.69, 9.17) is 16.6 Å². The summed E-state index contributed by atoms with van der Waals surface area (Å²) in [6.07, 6.45) is 0. The molecule has 3 aromatic carbocycles. The summed E-state index contributed by atoms with van der Waals surface area (Å²) < 4.78 is 15.2. The first-order valence-electron chi connectivity index (χ1n) is 13.1. The molecule has 0 unspecified atom stereocenters. The Balaban J connectivity index is 1.34. The Kier molecular flexibility index (Phi) is 8.09. The van der Waals surface area contributed by atoms with Crippen LogP contribution in [0, 0.1) is 5.82 Å². The van der Waals surface area contributed by atoms with Crippen LogP contribution in [-0.2, 0) is 17.9 Å². The number of hydrogen-bond acceptors (Lipinski definition) is 12. The lowest BCUT2D eigenvalue weighted by molar-refractivity contribution is -0.120. The zero-order chi connectivity index (χ0) is 33.3. The molecule has 46 heavy (non-hydrogen) atoms. The summed E-state index contributed by atoms with van der Waals surface area (Å²) in [5.74, 6) is -5.33. The van der Waals surface area contributed by atoms with Crippen molar-refractivity contribution in [2.75, 3.05) is 11.1 Å². The molecular formula is C28H22FN9O8. The van der Waals surface area contributed by atoms with Crippen LogP contribution in [0.25, 0.3) is 5.65 Å². The normalized spacial score (nSPS) is 11.7. The molecule has 0 fully saturated rings. The number of amides is 3. The molecule has 17 nitrogen and oxygen atoms in total. The first-order valence-corrected chi connectivity index (χ1v) is 13.1. The van der Waals surface area contributed by atoms with Crippen molar-refractivity contribution in [1.29, 1.82) is 0 Å². The fourth-order valence-corrected chi connectivity index (χ4v) is 4.40. The molecule has 9 N–H and O–H groups in total. The van der Waals surface area contributed by atoms with E-state index in [1.54, 1.807) is 0 Å². The topological polar surface area (TPSA) is 274 Å². The van der Waals surface area contributed by atoms with E-state index in [2.05, 4.69) is 31.2 Å². The molecule has 0 aliphatic heterocycles. The van der Waals surface area contributed by atoms with Crippen molar-refractivity contribution in [3.8, 4) is 5.88 Å². The molecule has 0 aliphatic rings. The monoisotopic (exact) mass is 631 g/mol. The predicted octanol–water partition coefficient (Wildman–Crippen LogP) is -0.656. The molecule has 0 bridgehead atoms. The molecule has 0 saturated carbocycles. The second-order valence-electron chi connectivity index (χ2n) is 9.82. The smallest absolute Gasteiger partial charge is 0.335 e. The van der Waals surface area contributed by atoms with E-state index in [9.17, 15) is 38.3 Å². The molecule has 0 saturated heterocycles.